The number of para-hydroxylation sites is 1. The molecule has 0 heterocycles. The molecule has 0 fully saturated rings. The lowest BCUT2D eigenvalue weighted by atomic mass is 10.2. The molecule has 2 aromatic carbocycles. The van der Waals surface area contributed by atoms with E-state index in [0.717, 1.165) is 17.3 Å². The monoisotopic (exact) mass is 292 g/mol. The molecular formula is C14H13FN2O2S. The normalized spacial score (nSPS) is 10.5. The van der Waals surface area contributed by atoms with Crippen LogP contribution in [0.2, 0.25) is 0 Å². The highest BCUT2D eigenvalue weighted by atomic mass is 32.2. The maximum absolute atomic E-state index is 14.0. The molecule has 0 saturated carbocycles. The van der Waals surface area contributed by atoms with Gasteiger partial charge in [0.2, 0.25) is 0 Å². The molecule has 0 radical (unpaired) electrons. The first-order valence-electron chi connectivity index (χ1n) is 5.96. The summed E-state index contributed by atoms with van der Waals surface area (Å²) in [5, 5.41) is 14.0. The Morgan fingerprint density at radius 2 is 2.00 bits per heavy atom. The van der Waals surface area contributed by atoms with Crippen molar-refractivity contribution in [3.8, 4) is 0 Å². The summed E-state index contributed by atoms with van der Waals surface area (Å²) in [7, 11) is 1.77. The third-order valence-electron chi connectivity index (χ3n) is 2.69. The van der Waals surface area contributed by atoms with Crippen molar-refractivity contribution >= 4 is 17.4 Å². The predicted octanol–water partition coefficient (Wildman–Crippen LogP) is 3.60. The summed E-state index contributed by atoms with van der Waals surface area (Å²) < 4.78 is 14.0. The Labute approximate surface area is 120 Å². The number of rotatable bonds is 5. The lowest BCUT2D eigenvalue weighted by Crippen LogP contribution is -2.07. The number of nitrogens with zero attached hydrogens (tertiary/aromatic N) is 1. The van der Waals surface area contributed by atoms with Crippen molar-refractivity contribution in [2.75, 3.05) is 7.05 Å². The van der Waals surface area contributed by atoms with Crippen molar-refractivity contribution in [3.05, 3.63) is 64.0 Å². The molecule has 4 nitrogen and oxygen atoms in total. The van der Waals surface area contributed by atoms with E-state index in [-0.39, 0.29) is 11.5 Å². The average molecular weight is 292 g/mol. The van der Waals surface area contributed by atoms with Crippen LogP contribution in [0, 0.1) is 15.9 Å². The van der Waals surface area contributed by atoms with Gasteiger partial charge in [-0.3, -0.25) is 10.1 Å². The van der Waals surface area contributed by atoms with E-state index in [1.54, 1.807) is 37.4 Å². The summed E-state index contributed by atoms with van der Waals surface area (Å²) in [6.07, 6.45) is 0. The molecule has 0 unspecified atom stereocenters. The van der Waals surface area contributed by atoms with Crippen LogP contribution in [0.15, 0.2) is 52.3 Å². The molecule has 0 aliphatic carbocycles. The Kier molecular flexibility index (Phi) is 4.70. The van der Waals surface area contributed by atoms with Gasteiger partial charge in [-0.25, -0.2) is 4.39 Å². The fourth-order valence-electron chi connectivity index (χ4n) is 1.80. The molecular weight excluding hydrogens is 279 g/mol. The number of halogens is 1. The summed E-state index contributed by atoms with van der Waals surface area (Å²) in [5.41, 5.74) is 0.756. The Balaban J connectivity index is 2.42. The highest BCUT2D eigenvalue weighted by Gasteiger charge is 2.17. The van der Waals surface area contributed by atoms with Gasteiger partial charge in [-0.2, -0.15) is 0 Å². The zero-order chi connectivity index (χ0) is 14.5. The first kappa shape index (κ1) is 14.5. The fourth-order valence-corrected chi connectivity index (χ4v) is 2.85. The second kappa shape index (κ2) is 6.49. The minimum atomic E-state index is -0.457. The number of hydrogen-bond donors (Lipinski definition) is 1. The maximum atomic E-state index is 14.0. The van der Waals surface area contributed by atoms with Crippen molar-refractivity contribution in [1.82, 2.24) is 5.32 Å². The Morgan fingerprint density at radius 3 is 2.70 bits per heavy atom. The van der Waals surface area contributed by atoms with Crippen molar-refractivity contribution < 1.29 is 9.31 Å². The summed E-state index contributed by atoms with van der Waals surface area (Å²) in [5.74, 6) is -0.374. The lowest BCUT2D eigenvalue weighted by molar-refractivity contribution is -0.387. The smallest absolute Gasteiger partial charge is 0.283 e. The molecule has 0 saturated heterocycles. The summed E-state index contributed by atoms with van der Waals surface area (Å²) in [6, 6.07) is 11.1. The van der Waals surface area contributed by atoms with E-state index in [0.29, 0.717) is 16.3 Å². The predicted molar refractivity (Wildman–Crippen MR) is 76.4 cm³/mol. The zero-order valence-corrected chi connectivity index (χ0v) is 11.6. The number of nitrogens with one attached hydrogen (secondary N) is 1. The quantitative estimate of drug-likeness (QED) is 0.675. The molecule has 0 amide bonds. The van der Waals surface area contributed by atoms with Crippen LogP contribution in [0.5, 0.6) is 0 Å². The lowest BCUT2D eigenvalue weighted by Gasteiger charge is -2.10. The first-order chi connectivity index (χ1) is 9.63. The molecule has 2 rings (SSSR count). The van der Waals surface area contributed by atoms with Gasteiger partial charge in [-0.1, -0.05) is 36.0 Å². The molecule has 0 aromatic heterocycles. The summed E-state index contributed by atoms with van der Waals surface area (Å²) in [6.45, 7) is 0.501. The number of nitro groups is 1. The van der Waals surface area contributed by atoms with Crippen LogP contribution in [-0.4, -0.2) is 12.0 Å². The number of hydrogen-bond acceptors (Lipinski definition) is 4. The first-order valence-corrected chi connectivity index (χ1v) is 6.78. The topological polar surface area (TPSA) is 55.2 Å². The van der Waals surface area contributed by atoms with Crippen LogP contribution in [0.4, 0.5) is 10.1 Å². The molecule has 0 atom stereocenters. The second-order valence-corrected chi connectivity index (χ2v) is 5.14. The van der Waals surface area contributed by atoms with E-state index in [1.165, 1.54) is 12.1 Å². The molecule has 0 aliphatic heterocycles. The van der Waals surface area contributed by atoms with E-state index < -0.39 is 4.92 Å². The average Bonchev–Trinajstić information content (AvgIpc) is 2.43. The molecule has 1 N–H and O–H groups in total. The van der Waals surface area contributed by atoms with Crippen LogP contribution < -0.4 is 5.32 Å². The van der Waals surface area contributed by atoms with E-state index in [4.69, 9.17) is 0 Å². The van der Waals surface area contributed by atoms with E-state index in [9.17, 15) is 14.5 Å². The van der Waals surface area contributed by atoms with E-state index in [1.807, 2.05) is 0 Å². The van der Waals surface area contributed by atoms with E-state index >= 15 is 0 Å². The van der Waals surface area contributed by atoms with Gasteiger partial charge >= 0.3 is 0 Å². The van der Waals surface area contributed by atoms with Crippen molar-refractivity contribution in [1.29, 1.82) is 0 Å². The van der Waals surface area contributed by atoms with Gasteiger partial charge in [0.05, 0.1) is 14.7 Å². The molecule has 0 bridgehead atoms. The van der Waals surface area contributed by atoms with Crippen molar-refractivity contribution in [3.63, 3.8) is 0 Å². The number of benzene rings is 2. The maximum Gasteiger partial charge on any atom is 0.283 e. The van der Waals surface area contributed by atoms with Crippen LogP contribution in [-0.2, 0) is 6.54 Å². The Morgan fingerprint density at radius 1 is 1.25 bits per heavy atom. The molecule has 0 spiro atoms. The molecule has 20 heavy (non-hydrogen) atoms. The van der Waals surface area contributed by atoms with Gasteiger partial charge in [0.1, 0.15) is 5.82 Å². The second-order valence-electron chi connectivity index (χ2n) is 4.09. The van der Waals surface area contributed by atoms with Gasteiger partial charge in [-0.05, 0) is 24.7 Å². The van der Waals surface area contributed by atoms with E-state index in [2.05, 4.69) is 5.32 Å². The number of nitro benzene ring substituents is 1. The van der Waals surface area contributed by atoms with Crippen LogP contribution in [0.3, 0.4) is 0 Å². The highest BCUT2D eigenvalue weighted by molar-refractivity contribution is 7.99. The fraction of sp³-hybridized carbons (Fsp3) is 0.143. The van der Waals surface area contributed by atoms with Gasteiger partial charge < -0.3 is 5.32 Å². The van der Waals surface area contributed by atoms with Crippen molar-refractivity contribution in [2.45, 2.75) is 16.3 Å². The van der Waals surface area contributed by atoms with Crippen molar-refractivity contribution in [2.24, 2.45) is 0 Å². The van der Waals surface area contributed by atoms with Gasteiger partial charge in [0.15, 0.2) is 0 Å². The highest BCUT2D eigenvalue weighted by Crippen LogP contribution is 2.37. The molecule has 2 aromatic rings. The van der Waals surface area contributed by atoms with Gasteiger partial charge in [0.25, 0.3) is 5.69 Å². The minimum absolute atomic E-state index is 0.0174. The van der Waals surface area contributed by atoms with Gasteiger partial charge in [-0.15, -0.1) is 0 Å². The molecule has 0 aliphatic rings. The summed E-state index contributed by atoms with van der Waals surface area (Å²) in [4.78, 5) is 11.4. The SMILES string of the molecule is CNCc1cccc(F)c1Sc1ccccc1[N+](=O)[O-]. The Hall–Kier alpha value is -1.92. The van der Waals surface area contributed by atoms with Gasteiger partial charge in [0, 0.05) is 12.6 Å². The van der Waals surface area contributed by atoms with Crippen LogP contribution in [0.25, 0.3) is 0 Å². The molecule has 6 heteroatoms. The van der Waals surface area contributed by atoms with Crippen LogP contribution in [0.1, 0.15) is 5.56 Å². The largest absolute Gasteiger partial charge is 0.316 e. The standard InChI is InChI=1S/C14H13FN2O2S/c1-16-9-10-5-4-6-11(15)14(10)20-13-8-3-2-7-12(13)17(18)19/h2-8,16H,9H2,1H3. The Bertz CT molecular complexity index is 634. The summed E-state index contributed by atoms with van der Waals surface area (Å²) >= 11 is 1.08. The van der Waals surface area contributed by atoms with Crippen LogP contribution >= 0.6 is 11.8 Å². The third-order valence-corrected chi connectivity index (χ3v) is 3.92. The third kappa shape index (κ3) is 3.15. The zero-order valence-electron chi connectivity index (χ0n) is 10.8. The minimum Gasteiger partial charge on any atom is -0.316 e. The molecule has 104 valence electrons.